The van der Waals surface area contributed by atoms with Crippen molar-refractivity contribution >= 4 is 29.1 Å². The van der Waals surface area contributed by atoms with Crippen molar-refractivity contribution in [2.75, 3.05) is 6.61 Å². The number of halogens is 2. The molecule has 0 bridgehead atoms. The largest absolute Gasteiger partial charge is 0.482 e. The number of nitrogens with one attached hydrogen (secondary N) is 1. The molecular weight excluding hydrogens is 313 g/mol. The summed E-state index contributed by atoms with van der Waals surface area (Å²) in [5, 5.41) is 13.7. The van der Waals surface area contributed by atoms with Crippen LogP contribution in [-0.4, -0.2) is 29.8 Å². The van der Waals surface area contributed by atoms with E-state index in [1.54, 1.807) is 18.2 Å². The Morgan fingerprint density at radius 2 is 2.05 bits per heavy atom. The number of carbonyl (C=O) groups is 1. The molecule has 2 atom stereocenters. The summed E-state index contributed by atoms with van der Waals surface area (Å²) in [6.45, 7) is -0.134. The van der Waals surface area contributed by atoms with Gasteiger partial charge in [-0.3, -0.25) is 4.79 Å². The van der Waals surface area contributed by atoms with Gasteiger partial charge in [-0.1, -0.05) is 42.5 Å². The highest BCUT2D eigenvalue weighted by molar-refractivity contribution is 6.35. The monoisotopic (exact) mass is 331 g/mol. The Morgan fingerprint density at radius 3 is 2.81 bits per heavy atom. The molecule has 0 spiro atoms. The van der Waals surface area contributed by atoms with Crippen LogP contribution in [0.4, 0.5) is 0 Å². The molecule has 2 N–H and O–H groups in total. The van der Waals surface area contributed by atoms with Crippen LogP contribution in [0.5, 0.6) is 5.75 Å². The van der Waals surface area contributed by atoms with Crippen LogP contribution in [0.2, 0.25) is 10.0 Å². The van der Waals surface area contributed by atoms with Crippen LogP contribution >= 0.6 is 23.2 Å². The van der Waals surface area contributed by atoms with E-state index in [-0.39, 0.29) is 18.6 Å². The van der Waals surface area contributed by atoms with Crippen LogP contribution in [0.3, 0.4) is 0 Å². The number of benzene rings is 1. The van der Waals surface area contributed by atoms with Gasteiger partial charge in [0.25, 0.3) is 5.91 Å². The Hall–Kier alpha value is -0.970. The summed E-state index contributed by atoms with van der Waals surface area (Å²) >= 11 is 11.8. The van der Waals surface area contributed by atoms with Crippen LogP contribution in [-0.2, 0) is 4.79 Å². The van der Waals surface area contributed by atoms with Crippen LogP contribution in [0.1, 0.15) is 32.1 Å². The van der Waals surface area contributed by atoms with Gasteiger partial charge in [-0.15, -0.1) is 0 Å². The molecule has 2 rings (SSSR count). The third-order valence-corrected chi connectivity index (χ3v) is 4.11. The Morgan fingerprint density at radius 1 is 1.29 bits per heavy atom. The molecule has 1 fully saturated rings. The van der Waals surface area contributed by atoms with Crippen LogP contribution in [0.25, 0.3) is 0 Å². The van der Waals surface area contributed by atoms with Gasteiger partial charge < -0.3 is 15.2 Å². The van der Waals surface area contributed by atoms with Crippen molar-refractivity contribution in [2.45, 2.75) is 44.2 Å². The molecule has 21 heavy (non-hydrogen) atoms. The van der Waals surface area contributed by atoms with E-state index >= 15 is 0 Å². The first-order valence-electron chi connectivity index (χ1n) is 7.11. The molecular formula is C15H19Cl2NO3. The summed E-state index contributed by atoms with van der Waals surface area (Å²) in [5.41, 5.74) is 0. The number of hydrogen-bond donors (Lipinski definition) is 2. The summed E-state index contributed by atoms with van der Waals surface area (Å²) < 4.78 is 5.38. The predicted molar refractivity (Wildman–Crippen MR) is 83.0 cm³/mol. The molecule has 0 saturated heterocycles. The highest BCUT2D eigenvalue weighted by Gasteiger charge is 2.23. The van der Waals surface area contributed by atoms with Crippen molar-refractivity contribution in [3.63, 3.8) is 0 Å². The quantitative estimate of drug-likeness (QED) is 0.833. The number of hydrogen-bond acceptors (Lipinski definition) is 3. The van der Waals surface area contributed by atoms with E-state index in [0.29, 0.717) is 15.8 Å². The number of amides is 1. The maximum absolute atomic E-state index is 11.9. The molecule has 0 aliphatic heterocycles. The predicted octanol–water partition coefficient (Wildman–Crippen LogP) is 3.18. The smallest absolute Gasteiger partial charge is 0.258 e. The lowest BCUT2D eigenvalue weighted by molar-refractivity contribution is -0.124. The van der Waals surface area contributed by atoms with Crippen LogP contribution < -0.4 is 10.1 Å². The summed E-state index contributed by atoms with van der Waals surface area (Å²) in [6.07, 6.45) is 4.18. The molecule has 4 nitrogen and oxygen atoms in total. The van der Waals surface area contributed by atoms with Gasteiger partial charge >= 0.3 is 0 Å². The zero-order valence-corrected chi connectivity index (χ0v) is 13.2. The van der Waals surface area contributed by atoms with Gasteiger partial charge in [0.05, 0.1) is 17.2 Å². The molecule has 1 aliphatic carbocycles. The second-order valence-corrected chi connectivity index (χ2v) is 6.09. The molecule has 1 aromatic carbocycles. The lowest BCUT2D eigenvalue weighted by atomic mass is 10.1. The van der Waals surface area contributed by atoms with Gasteiger partial charge in [-0.25, -0.2) is 0 Å². The highest BCUT2D eigenvalue weighted by atomic mass is 35.5. The van der Waals surface area contributed by atoms with E-state index in [1.165, 1.54) is 0 Å². The molecule has 116 valence electrons. The maximum Gasteiger partial charge on any atom is 0.258 e. The van der Waals surface area contributed by atoms with E-state index in [4.69, 9.17) is 27.9 Å². The van der Waals surface area contributed by atoms with Gasteiger partial charge in [0, 0.05) is 5.02 Å². The summed E-state index contributed by atoms with van der Waals surface area (Å²) in [6, 6.07) is 4.64. The molecule has 2 unspecified atom stereocenters. The van der Waals surface area contributed by atoms with Gasteiger partial charge in [-0.05, 0) is 31.0 Å². The first kappa shape index (κ1) is 16.4. The van der Waals surface area contributed by atoms with E-state index in [9.17, 15) is 9.90 Å². The maximum atomic E-state index is 11.9. The van der Waals surface area contributed by atoms with Crippen LogP contribution in [0.15, 0.2) is 18.2 Å². The second kappa shape index (κ2) is 7.87. The first-order chi connectivity index (χ1) is 10.1. The Bertz CT molecular complexity index is 496. The average Bonchev–Trinajstić information content (AvgIpc) is 2.63. The van der Waals surface area contributed by atoms with Crippen molar-refractivity contribution in [3.8, 4) is 5.75 Å². The standard InChI is InChI=1S/C15H19Cl2NO3/c16-10-6-7-14(11(17)8-10)21-9-15(20)18-12-4-2-1-3-5-13(12)19/h6-8,12-13,19H,1-5,9H2,(H,18,20). The van der Waals surface area contributed by atoms with Crippen molar-refractivity contribution in [1.29, 1.82) is 0 Å². The van der Waals surface area contributed by atoms with Crippen molar-refractivity contribution < 1.29 is 14.6 Å². The molecule has 1 saturated carbocycles. The molecule has 1 aliphatic rings. The number of aliphatic hydroxyl groups excluding tert-OH is 1. The fourth-order valence-corrected chi connectivity index (χ4v) is 2.90. The van der Waals surface area contributed by atoms with Gasteiger partial charge in [0.15, 0.2) is 6.61 Å². The molecule has 0 heterocycles. The highest BCUT2D eigenvalue weighted by Crippen LogP contribution is 2.27. The third-order valence-electron chi connectivity index (χ3n) is 3.58. The Balaban J connectivity index is 1.84. The normalized spacial score (nSPS) is 22.4. The van der Waals surface area contributed by atoms with Crippen LogP contribution in [0, 0.1) is 0 Å². The number of ether oxygens (including phenoxy) is 1. The van der Waals surface area contributed by atoms with Gasteiger partial charge in [0.1, 0.15) is 5.75 Å². The number of aliphatic hydroxyl groups is 1. The molecule has 0 radical (unpaired) electrons. The molecule has 1 amide bonds. The topological polar surface area (TPSA) is 58.6 Å². The number of rotatable bonds is 4. The average molecular weight is 332 g/mol. The van der Waals surface area contributed by atoms with E-state index in [1.807, 2.05) is 0 Å². The Kier molecular flexibility index (Phi) is 6.15. The molecule has 6 heteroatoms. The summed E-state index contributed by atoms with van der Waals surface area (Å²) in [5.74, 6) is 0.157. The van der Waals surface area contributed by atoms with Crippen molar-refractivity contribution in [3.05, 3.63) is 28.2 Å². The lowest BCUT2D eigenvalue weighted by Gasteiger charge is -2.21. The SMILES string of the molecule is O=C(COc1ccc(Cl)cc1Cl)NC1CCCCCC1O. The fraction of sp³-hybridized carbons (Fsp3) is 0.533. The minimum Gasteiger partial charge on any atom is -0.482 e. The fourth-order valence-electron chi connectivity index (χ4n) is 2.44. The lowest BCUT2D eigenvalue weighted by Crippen LogP contribution is -2.44. The summed E-state index contributed by atoms with van der Waals surface area (Å²) in [7, 11) is 0. The third kappa shape index (κ3) is 5.06. The minimum absolute atomic E-state index is 0.134. The van der Waals surface area contributed by atoms with E-state index in [0.717, 1.165) is 32.1 Å². The zero-order chi connectivity index (χ0) is 15.2. The minimum atomic E-state index is -0.476. The van der Waals surface area contributed by atoms with Crippen molar-refractivity contribution in [2.24, 2.45) is 0 Å². The second-order valence-electron chi connectivity index (χ2n) is 5.24. The first-order valence-corrected chi connectivity index (χ1v) is 7.87. The van der Waals surface area contributed by atoms with Gasteiger partial charge in [0.2, 0.25) is 0 Å². The van der Waals surface area contributed by atoms with Gasteiger partial charge in [-0.2, -0.15) is 0 Å². The number of carbonyl (C=O) groups excluding carboxylic acids is 1. The Labute approximate surface area is 134 Å². The van der Waals surface area contributed by atoms with E-state index in [2.05, 4.69) is 5.32 Å². The van der Waals surface area contributed by atoms with E-state index < -0.39 is 6.10 Å². The zero-order valence-electron chi connectivity index (χ0n) is 11.6. The molecule has 0 aromatic heterocycles. The summed E-state index contributed by atoms with van der Waals surface area (Å²) in [4.78, 5) is 11.9. The van der Waals surface area contributed by atoms with Crippen molar-refractivity contribution in [1.82, 2.24) is 5.32 Å². The molecule has 1 aromatic rings.